The second-order valence-corrected chi connectivity index (χ2v) is 3.93. The maximum atomic E-state index is 3.26. The predicted molar refractivity (Wildman–Crippen MR) is 49.7 cm³/mol. The summed E-state index contributed by atoms with van der Waals surface area (Å²) >= 11 is 0. The van der Waals surface area contributed by atoms with Gasteiger partial charge in [0.15, 0.2) is 0 Å². The molecule has 0 bridgehead atoms. The van der Waals surface area contributed by atoms with Gasteiger partial charge in [-0.25, -0.2) is 0 Å². The van der Waals surface area contributed by atoms with E-state index in [1.807, 2.05) is 0 Å². The second kappa shape index (κ2) is 4.76. The van der Waals surface area contributed by atoms with Gasteiger partial charge in [0.1, 0.15) is 0 Å². The first-order chi connectivity index (χ1) is 5.34. The Balaban J connectivity index is 2.21. The summed E-state index contributed by atoms with van der Waals surface area (Å²) in [6, 6.07) is 0. The fraction of sp³-hybridized carbons (Fsp3) is 1.00. The molecule has 66 valence electrons. The summed E-state index contributed by atoms with van der Waals surface area (Å²) in [7, 11) is 2.05. The molecule has 0 heterocycles. The van der Waals surface area contributed by atoms with Gasteiger partial charge < -0.3 is 5.32 Å². The molecule has 0 aromatic heterocycles. The Morgan fingerprint density at radius 3 is 2.45 bits per heavy atom. The van der Waals surface area contributed by atoms with E-state index >= 15 is 0 Å². The lowest BCUT2D eigenvalue weighted by molar-refractivity contribution is 0.260. The topological polar surface area (TPSA) is 12.0 Å². The number of hydrogen-bond donors (Lipinski definition) is 1. The molecule has 1 aliphatic carbocycles. The molecule has 0 amide bonds. The molecule has 1 aliphatic rings. The van der Waals surface area contributed by atoms with Gasteiger partial charge >= 0.3 is 0 Å². The largest absolute Gasteiger partial charge is 0.319 e. The van der Waals surface area contributed by atoms with Crippen LogP contribution in [0.1, 0.15) is 39.0 Å². The summed E-state index contributed by atoms with van der Waals surface area (Å²) in [6.07, 6.45) is 7.37. The zero-order valence-electron chi connectivity index (χ0n) is 7.90. The third-order valence-electron chi connectivity index (χ3n) is 2.98. The zero-order chi connectivity index (χ0) is 8.10. The summed E-state index contributed by atoms with van der Waals surface area (Å²) in [5, 5.41) is 3.26. The van der Waals surface area contributed by atoms with Crippen molar-refractivity contribution in [3.63, 3.8) is 0 Å². The lowest BCUT2D eigenvalue weighted by Gasteiger charge is -2.27. The Kier molecular flexibility index (Phi) is 3.92. The van der Waals surface area contributed by atoms with Crippen LogP contribution in [0.3, 0.4) is 0 Å². The van der Waals surface area contributed by atoms with Crippen molar-refractivity contribution in [3.8, 4) is 0 Å². The summed E-state index contributed by atoms with van der Waals surface area (Å²) in [4.78, 5) is 0. The van der Waals surface area contributed by atoms with Crippen molar-refractivity contribution in [3.05, 3.63) is 0 Å². The van der Waals surface area contributed by atoms with Gasteiger partial charge in [0.2, 0.25) is 0 Å². The molecular formula is C10H21N. The maximum Gasteiger partial charge on any atom is -0.00235 e. The lowest BCUT2D eigenvalue weighted by atomic mass is 9.81. The third kappa shape index (κ3) is 2.82. The highest BCUT2D eigenvalue weighted by Gasteiger charge is 2.18. The van der Waals surface area contributed by atoms with Gasteiger partial charge in [-0.1, -0.05) is 39.0 Å². The molecule has 0 unspecified atom stereocenters. The average molecular weight is 155 g/mol. The zero-order valence-corrected chi connectivity index (χ0v) is 7.90. The Bertz CT molecular complexity index is 95.0. The molecular weight excluding hydrogens is 134 g/mol. The summed E-state index contributed by atoms with van der Waals surface area (Å²) in [6.45, 7) is 3.58. The van der Waals surface area contributed by atoms with Crippen LogP contribution in [0.15, 0.2) is 0 Å². The van der Waals surface area contributed by atoms with E-state index in [1.165, 1.54) is 38.6 Å². The molecule has 1 N–H and O–H groups in total. The van der Waals surface area contributed by atoms with E-state index in [0.717, 1.165) is 11.8 Å². The Morgan fingerprint density at radius 2 is 1.91 bits per heavy atom. The highest BCUT2D eigenvalue weighted by Crippen LogP contribution is 2.29. The van der Waals surface area contributed by atoms with Crippen molar-refractivity contribution in [2.24, 2.45) is 11.8 Å². The monoisotopic (exact) mass is 155 g/mol. The molecule has 0 aromatic rings. The van der Waals surface area contributed by atoms with Crippen LogP contribution in [0.25, 0.3) is 0 Å². The summed E-state index contributed by atoms with van der Waals surface area (Å²) in [5.74, 6) is 1.90. The van der Waals surface area contributed by atoms with Crippen LogP contribution >= 0.6 is 0 Å². The smallest absolute Gasteiger partial charge is 0.00235 e. The standard InChI is InChI=1S/C10H21N/c1-9(8-11-2)10-6-4-3-5-7-10/h9-11H,3-8H2,1-2H3/t9-/m1/s1. The van der Waals surface area contributed by atoms with E-state index in [4.69, 9.17) is 0 Å². The minimum Gasteiger partial charge on any atom is -0.319 e. The van der Waals surface area contributed by atoms with E-state index in [2.05, 4.69) is 19.3 Å². The maximum absolute atomic E-state index is 3.26. The van der Waals surface area contributed by atoms with Crippen LogP contribution < -0.4 is 5.32 Å². The van der Waals surface area contributed by atoms with Crippen LogP contribution in [-0.4, -0.2) is 13.6 Å². The highest BCUT2D eigenvalue weighted by molar-refractivity contribution is 4.71. The fourth-order valence-corrected chi connectivity index (χ4v) is 2.19. The number of rotatable bonds is 3. The van der Waals surface area contributed by atoms with Gasteiger partial charge in [-0.3, -0.25) is 0 Å². The molecule has 11 heavy (non-hydrogen) atoms. The highest BCUT2D eigenvalue weighted by atomic mass is 14.8. The predicted octanol–water partition coefficient (Wildman–Crippen LogP) is 2.42. The van der Waals surface area contributed by atoms with Gasteiger partial charge in [-0.05, 0) is 25.4 Å². The SMILES string of the molecule is CNC[C@@H](C)C1CCCCC1. The fourth-order valence-electron chi connectivity index (χ4n) is 2.19. The van der Waals surface area contributed by atoms with Crippen molar-refractivity contribution in [1.82, 2.24) is 5.32 Å². The van der Waals surface area contributed by atoms with E-state index in [1.54, 1.807) is 0 Å². The molecule has 0 radical (unpaired) electrons. The molecule has 0 spiro atoms. The van der Waals surface area contributed by atoms with E-state index in [-0.39, 0.29) is 0 Å². The molecule has 0 aliphatic heterocycles. The molecule has 0 aromatic carbocycles. The molecule has 1 rings (SSSR count). The average Bonchev–Trinajstić information content (AvgIpc) is 2.07. The van der Waals surface area contributed by atoms with Crippen molar-refractivity contribution in [2.75, 3.05) is 13.6 Å². The van der Waals surface area contributed by atoms with Crippen molar-refractivity contribution >= 4 is 0 Å². The van der Waals surface area contributed by atoms with Gasteiger partial charge in [-0.15, -0.1) is 0 Å². The molecule has 1 nitrogen and oxygen atoms in total. The molecule has 1 atom stereocenters. The molecule has 1 saturated carbocycles. The minimum absolute atomic E-state index is 0.889. The van der Waals surface area contributed by atoms with Gasteiger partial charge in [0, 0.05) is 0 Å². The van der Waals surface area contributed by atoms with Gasteiger partial charge in [0.25, 0.3) is 0 Å². The molecule has 1 heteroatoms. The summed E-state index contributed by atoms with van der Waals surface area (Å²) < 4.78 is 0. The Morgan fingerprint density at radius 1 is 1.27 bits per heavy atom. The lowest BCUT2D eigenvalue weighted by Crippen LogP contribution is -2.25. The van der Waals surface area contributed by atoms with Crippen LogP contribution in [-0.2, 0) is 0 Å². The third-order valence-corrected chi connectivity index (χ3v) is 2.98. The van der Waals surface area contributed by atoms with Crippen LogP contribution in [0, 0.1) is 11.8 Å². The first kappa shape index (κ1) is 9.05. The van der Waals surface area contributed by atoms with Gasteiger partial charge in [-0.2, -0.15) is 0 Å². The molecule has 0 saturated heterocycles. The van der Waals surface area contributed by atoms with Crippen LogP contribution in [0.5, 0.6) is 0 Å². The first-order valence-corrected chi connectivity index (χ1v) is 4.99. The van der Waals surface area contributed by atoms with E-state index in [9.17, 15) is 0 Å². The Hall–Kier alpha value is -0.0400. The van der Waals surface area contributed by atoms with Crippen LogP contribution in [0.4, 0.5) is 0 Å². The van der Waals surface area contributed by atoms with Gasteiger partial charge in [0.05, 0.1) is 0 Å². The van der Waals surface area contributed by atoms with Crippen molar-refractivity contribution in [1.29, 1.82) is 0 Å². The number of hydrogen-bond acceptors (Lipinski definition) is 1. The van der Waals surface area contributed by atoms with E-state index < -0.39 is 0 Å². The number of nitrogens with one attached hydrogen (secondary N) is 1. The quantitative estimate of drug-likeness (QED) is 0.660. The second-order valence-electron chi connectivity index (χ2n) is 3.93. The van der Waals surface area contributed by atoms with Crippen molar-refractivity contribution < 1.29 is 0 Å². The van der Waals surface area contributed by atoms with Crippen molar-refractivity contribution in [2.45, 2.75) is 39.0 Å². The van der Waals surface area contributed by atoms with E-state index in [0.29, 0.717) is 0 Å². The Labute approximate surface area is 70.6 Å². The molecule has 1 fully saturated rings. The minimum atomic E-state index is 0.889. The normalized spacial score (nSPS) is 23.5. The van der Waals surface area contributed by atoms with Crippen LogP contribution in [0.2, 0.25) is 0 Å². The summed E-state index contributed by atoms with van der Waals surface area (Å²) in [5.41, 5.74) is 0. The first-order valence-electron chi connectivity index (χ1n) is 4.99.